The molecule has 0 aliphatic heterocycles. The minimum atomic E-state index is -1.30. The molecule has 0 aromatic heterocycles. The molecular formula is C36H69Si4. The largest absolute Gasteiger partial charge is 0.0719 e. The van der Waals surface area contributed by atoms with Gasteiger partial charge in [-0.2, -0.15) is 0 Å². The van der Waals surface area contributed by atoms with E-state index in [-0.39, 0.29) is 7.35 Å². The summed E-state index contributed by atoms with van der Waals surface area (Å²) in [6.45, 7) is 34.0. The van der Waals surface area contributed by atoms with Crippen LogP contribution in [0.25, 0.3) is 0 Å². The lowest BCUT2D eigenvalue weighted by molar-refractivity contribution is -0.0991. The van der Waals surface area contributed by atoms with Crippen LogP contribution >= 0.6 is 0 Å². The second kappa shape index (κ2) is 9.68. The van der Waals surface area contributed by atoms with Gasteiger partial charge in [0.05, 0.1) is 0 Å². The number of fused-ring (bicyclic) bond motifs is 6. The molecule has 9 aliphatic carbocycles. The van der Waals surface area contributed by atoms with Crippen LogP contribution in [-0.2, 0) is 0 Å². The van der Waals surface area contributed by atoms with Gasteiger partial charge in [-0.25, -0.2) is 0 Å². The van der Waals surface area contributed by atoms with Gasteiger partial charge in [0.1, 0.15) is 0 Å². The highest BCUT2D eigenvalue weighted by molar-refractivity contribution is 7.81. The van der Waals surface area contributed by atoms with Crippen LogP contribution in [0.1, 0.15) is 99.3 Å². The third-order valence-electron chi connectivity index (χ3n) is 16.4. The van der Waals surface area contributed by atoms with Crippen molar-refractivity contribution >= 4 is 30.1 Å². The van der Waals surface area contributed by atoms with E-state index in [1.54, 1.807) is 75.9 Å². The molecule has 0 saturated heterocycles. The Kier molecular flexibility index (Phi) is 7.47. The van der Waals surface area contributed by atoms with Gasteiger partial charge in [0.15, 0.2) is 0 Å². The van der Waals surface area contributed by atoms with Crippen LogP contribution < -0.4 is 0 Å². The Hall–Kier alpha value is 0.868. The summed E-state index contributed by atoms with van der Waals surface area (Å²) in [5.74, 6) is 9.61. The first-order valence-electron chi connectivity index (χ1n) is 18.2. The Morgan fingerprint density at radius 2 is 0.700 bits per heavy atom. The molecule has 1 radical (unpaired) electrons. The normalized spacial score (nSPS) is 43.0. The third-order valence-corrected chi connectivity index (χ3v) is 75.6. The standard InChI is InChI=1S/C36H69Si4/c1-34(2)28-16-13-25(31(34)19-28)22-38(7,8)37(39(9,10)23-26-14-17-29-20-32(26)35(29,3)4)40(11,12)24-27-15-18-30-21-33(27)36(30,5)6/h25-33H,13-24H2,1-12H3/t25-,26-,27-,28+,29+,30+,31+,32+,33+/m0/s1. The van der Waals surface area contributed by atoms with Gasteiger partial charge in [-0.3, -0.25) is 0 Å². The minimum Gasteiger partial charge on any atom is -0.0719 e. The molecule has 0 heterocycles. The van der Waals surface area contributed by atoms with Crippen LogP contribution in [0, 0.1) is 69.5 Å². The zero-order valence-corrected chi connectivity index (χ0v) is 33.2. The second-order valence-corrected chi connectivity index (χ2v) is 55.2. The molecule has 40 heavy (non-hydrogen) atoms. The first-order valence-corrected chi connectivity index (χ1v) is 32.3. The summed E-state index contributed by atoms with van der Waals surface area (Å²) < 4.78 is 0. The Morgan fingerprint density at radius 1 is 0.450 bits per heavy atom. The first-order chi connectivity index (χ1) is 18.3. The van der Waals surface area contributed by atoms with Crippen LogP contribution in [0.2, 0.25) is 57.4 Å². The molecule has 0 aromatic rings. The first kappa shape index (κ1) is 30.9. The molecular weight excluding hydrogens is 545 g/mol. The number of hydrogen-bond acceptors (Lipinski definition) is 0. The Balaban J connectivity index is 1.27. The number of hydrogen-bond donors (Lipinski definition) is 0. The summed E-state index contributed by atoms with van der Waals surface area (Å²) >= 11 is 0. The van der Waals surface area contributed by atoms with E-state index < -0.39 is 22.8 Å². The molecule has 9 fully saturated rings. The lowest BCUT2D eigenvalue weighted by Gasteiger charge is -2.64. The van der Waals surface area contributed by atoms with Gasteiger partial charge in [-0.15, -0.1) is 0 Å². The molecule has 0 nitrogen and oxygen atoms in total. The van der Waals surface area contributed by atoms with Crippen LogP contribution in [0.5, 0.6) is 0 Å². The quantitative estimate of drug-likeness (QED) is 0.227. The Morgan fingerprint density at radius 3 is 0.900 bits per heavy atom. The molecule has 9 saturated carbocycles. The molecule has 9 atom stereocenters. The van der Waals surface area contributed by atoms with Crippen molar-refractivity contribution in [2.75, 3.05) is 0 Å². The van der Waals surface area contributed by atoms with E-state index in [9.17, 15) is 0 Å². The van der Waals surface area contributed by atoms with Crippen molar-refractivity contribution in [1.29, 1.82) is 0 Å². The lowest BCUT2D eigenvalue weighted by atomic mass is 9.46. The van der Waals surface area contributed by atoms with Crippen LogP contribution in [0.3, 0.4) is 0 Å². The maximum atomic E-state index is 3.01. The summed E-state index contributed by atoms with van der Waals surface area (Å²) in [6, 6.07) is 5.16. The molecule has 9 rings (SSSR count). The summed E-state index contributed by atoms with van der Waals surface area (Å²) in [7, 11) is -4.19. The van der Waals surface area contributed by atoms with Crippen molar-refractivity contribution in [2.24, 2.45) is 69.5 Å². The molecule has 9 aliphatic rings. The van der Waals surface area contributed by atoms with E-state index >= 15 is 0 Å². The highest BCUT2D eigenvalue weighted by Gasteiger charge is 2.62. The van der Waals surface area contributed by atoms with E-state index in [4.69, 9.17) is 0 Å². The Bertz CT molecular complexity index is 846. The maximum absolute atomic E-state index is 3.01. The van der Waals surface area contributed by atoms with Crippen LogP contribution in [0.4, 0.5) is 0 Å². The smallest absolute Gasteiger partial charge is 0.0340 e. The maximum Gasteiger partial charge on any atom is 0.0340 e. The van der Waals surface area contributed by atoms with Crippen molar-refractivity contribution < 1.29 is 0 Å². The highest BCUT2D eigenvalue weighted by Crippen LogP contribution is 2.65. The topological polar surface area (TPSA) is 0 Å². The molecule has 0 unspecified atom stereocenters. The summed E-state index contributed by atoms with van der Waals surface area (Å²) in [5.41, 5.74) is 1.97. The highest BCUT2D eigenvalue weighted by atomic mass is 29.9. The van der Waals surface area contributed by atoms with Crippen molar-refractivity contribution in [1.82, 2.24) is 0 Å². The Labute approximate surface area is 255 Å². The summed E-state index contributed by atoms with van der Waals surface area (Å²) in [6.07, 6.45) is 14.2. The summed E-state index contributed by atoms with van der Waals surface area (Å²) in [4.78, 5) is 0. The average molecular weight is 614 g/mol. The van der Waals surface area contributed by atoms with Gasteiger partial charge in [0.25, 0.3) is 0 Å². The van der Waals surface area contributed by atoms with Crippen molar-refractivity contribution in [3.05, 3.63) is 0 Å². The molecule has 0 N–H and O–H groups in total. The zero-order chi connectivity index (χ0) is 29.3. The van der Waals surface area contributed by atoms with E-state index in [0.717, 1.165) is 53.3 Å². The second-order valence-electron chi connectivity index (χ2n) is 20.7. The monoisotopic (exact) mass is 613 g/mol. The SMILES string of the molecule is CC1(C)[C@@H]2CC[C@@H](C[Si](C)(C)[Si]([Si](C)(C)C[C@@H]3CC[C@@H]4C[C@H]3C4(C)C)[Si](C)(C)C[C@@H]3CC[C@@H]4C[C@H]3C4(C)C)[C@H]1C2. The number of rotatable bonds is 9. The van der Waals surface area contributed by atoms with Gasteiger partial charge in [0, 0.05) is 30.1 Å². The van der Waals surface area contributed by atoms with E-state index in [2.05, 4.69) is 80.8 Å². The molecule has 4 heteroatoms. The van der Waals surface area contributed by atoms with Gasteiger partial charge in [-0.05, 0) is 108 Å². The fourth-order valence-corrected chi connectivity index (χ4v) is 102. The predicted octanol–water partition coefficient (Wildman–Crippen LogP) is 11.1. The van der Waals surface area contributed by atoms with Crippen LogP contribution in [-0.4, -0.2) is 30.1 Å². The fraction of sp³-hybridized carbons (Fsp3) is 1.00. The van der Waals surface area contributed by atoms with E-state index in [1.165, 1.54) is 0 Å². The predicted molar refractivity (Wildman–Crippen MR) is 187 cm³/mol. The van der Waals surface area contributed by atoms with Gasteiger partial charge in [0.2, 0.25) is 0 Å². The van der Waals surface area contributed by atoms with Crippen LogP contribution in [0.15, 0.2) is 0 Å². The van der Waals surface area contributed by atoms with E-state index in [0.29, 0.717) is 16.2 Å². The van der Waals surface area contributed by atoms with Gasteiger partial charge >= 0.3 is 0 Å². The third kappa shape index (κ3) is 4.70. The molecule has 6 bridgehead atoms. The summed E-state index contributed by atoms with van der Waals surface area (Å²) in [5, 5.41) is 0. The van der Waals surface area contributed by atoms with Gasteiger partial charge < -0.3 is 0 Å². The fourth-order valence-electron chi connectivity index (χ4n) is 14.6. The minimum absolute atomic E-state index is 0.281. The molecule has 0 aromatic carbocycles. The average Bonchev–Trinajstić information content (AvgIpc) is 2.82. The van der Waals surface area contributed by atoms with Crippen molar-refractivity contribution in [3.63, 3.8) is 0 Å². The molecule has 229 valence electrons. The van der Waals surface area contributed by atoms with Crippen molar-refractivity contribution in [2.45, 2.75) is 157 Å². The van der Waals surface area contributed by atoms with Crippen molar-refractivity contribution in [3.8, 4) is 0 Å². The zero-order valence-electron chi connectivity index (χ0n) is 29.2. The lowest BCUT2D eigenvalue weighted by Crippen LogP contribution is -2.75. The van der Waals surface area contributed by atoms with Gasteiger partial charge in [-0.1, -0.05) is 118 Å². The molecule has 0 spiro atoms. The van der Waals surface area contributed by atoms with E-state index in [1.807, 2.05) is 0 Å². The molecule has 0 amide bonds.